The summed E-state index contributed by atoms with van der Waals surface area (Å²) in [6.45, 7) is 8.92. The molecule has 12 nitrogen and oxygen atoms in total. The highest BCUT2D eigenvalue weighted by Crippen LogP contribution is 2.49. The Morgan fingerprint density at radius 2 is 0.580 bits per heavy atom. The minimum atomic E-state index is -0.680. The summed E-state index contributed by atoms with van der Waals surface area (Å²) in [7, 11) is 0. The Morgan fingerprint density at radius 3 is 0.780 bits per heavy atom. The third-order valence-electron chi connectivity index (χ3n) is 9.63. The van der Waals surface area contributed by atoms with E-state index < -0.39 is 11.3 Å². The van der Waals surface area contributed by atoms with E-state index in [4.69, 9.17) is 19.9 Å². The van der Waals surface area contributed by atoms with E-state index in [1.807, 2.05) is 97.6 Å². The zero-order chi connectivity index (χ0) is 34.0. The Bertz CT molecular complexity index is 1810. The third-order valence-corrected chi connectivity index (χ3v) is 9.63. The van der Waals surface area contributed by atoms with Crippen molar-refractivity contribution in [3.63, 3.8) is 0 Å². The molecule has 50 heavy (non-hydrogen) atoms. The largest absolute Gasteiger partial charge is 0.306 e. The van der Waals surface area contributed by atoms with Crippen molar-refractivity contribution in [1.82, 2.24) is 39.5 Å². The first-order valence-corrected chi connectivity index (χ1v) is 16.6. The fraction of sp³-hybridized carbons (Fsp3) is 0.158. The SMILES string of the molecule is CC1(C)N2C=CN(c3ccccn3)/C2=C2\N(c3ccccn3)C=CN2C(C)(C)N2C=CN(c3ccccn3)/C2=C2\N(c3ccccn3)C=CN21. The molecule has 4 aromatic rings. The van der Waals surface area contributed by atoms with E-state index in [0.717, 1.165) is 46.6 Å². The first-order valence-electron chi connectivity index (χ1n) is 16.6. The van der Waals surface area contributed by atoms with E-state index in [1.165, 1.54) is 0 Å². The normalized spacial score (nSPS) is 22.8. The van der Waals surface area contributed by atoms with E-state index in [1.54, 1.807) is 0 Å². The Hall–Kier alpha value is -6.56. The van der Waals surface area contributed by atoms with E-state index in [9.17, 15) is 0 Å². The summed E-state index contributed by atoms with van der Waals surface area (Å²) in [6.07, 6.45) is 24.2. The summed E-state index contributed by atoms with van der Waals surface area (Å²) in [5.41, 5.74) is -1.36. The zero-order valence-electron chi connectivity index (χ0n) is 28.2. The molecular weight excluding hydrogens is 625 g/mol. The summed E-state index contributed by atoms with van der Waals surface area (Å²) >= 11 is 0. The highest BCUT2D eigenvalue weighted by atomic mass is 15.6. The number of anilines is 4. The summed E-state index contributed by atoms with van der Waals surface area (Å²) in [4.78, 5) is 37.1. The van der Waals surface area contributed by atoms with Crippen LogP contribution >= 0.6 is 0 Å². The van der Waals surface area contributed by atoms with Crippen LogP contribution < -0.4 is 19.6 Å². The second-order valence-electron chi connectivity index (χ2n) is 13.2. The molecule has 0 radical (unpaired) electrons. The maximum Gasteiger partial charge on any atom is 0.163 e. The van der Waals surface area contributed by atoms with Crippen LogP contribution in [0.3, 0.4) is 0 Å². The number of pyridine rings is 4. The van der Waals surface area contributed by atoms with Crippen molar-refractivity contribution in [2.24, 2.45) is 0 Å². The molecule has 9 rings (SSSR count). The van der Waals surface area contributed by atoms with Crippen LogP contribution in [-0.4, -0.2) is 50.9 Å². The summed E-state index contributed by atoms with van der Waals surface area (Å²) in [6, 6.07) is 24.0. The molecule has 0 saturated heterocycles. The molecule has 0 bridgehead atoms. The molecule has 0 aromatic carbocycles. The van der Waals surface area contributed by atoms with Crippen molar-refractivity contribution in [2.45, 2.75) is 39.0 Å². The number of hydrogen-bond donors (Lipinski definition) is 0. The van der Waals surface area contributed by atoms with Gasteiger partial charge in [0.15, 0.2) is 23.3 Å². The molecule has 0 amide bonds. The van der Waals surface area contributed by atoms with Gasteiger partial charge >= 0.3 is 0 Å². The van der Waals surface area contributed by atoms with Gasteiger partial charge in [0.1, 0.15) is 34.6 Å². The topological polar surface area (TPSA) is 77.5 Å². The predicted molar refractivity (Wildman–Crippen MR) is 193 cm³/mol. The van der Waals surface area contributed by atoms with Gasteiger partial charge in [-0.1, -0.05) is 24.3 Å². The lowest BCUT2D eigenvalue weighted by Crippen LogP contribution is -2.59. The minimum absolute atomic E-state index is 0.680. The first-order chi connectivity index (χ1) is 24.4. The molecule has 5 aliphatic rings. The molecule has 0 spiro atoms. The molecule has 9 heterocycles. The Balaban J connectivity index is 1.33. The standard InChI is InChI=1S/C38H36N12/c1-37(2)47-25-21-43(29-13-5-9-17-39-29)33(47)35-45(31-15-7-11-19-41-31)23-27-49(35)38(3,4)50-28-24-46(32-16-8-12-20-42-32)36(50)34-44(22-26-48(34)37)30-14-6-10-18-40-30/h5-28H,1-4H3/b35-33-,36-34-. The van der Waals surface area contributed by atoms with E-state index in [0.29, 0.717) is 0 Å². The maximum absolute atomic E-state index is 4.81. The zero-order valence-corrected chi connectivity index (χ0v) is 28.2. The Kier molecular flexibility index (Phi) is 6.50. The molecule has 0 aliphatic carbocycles. The highest BCUT2D eigenvalue weighted by Gasteiger charge is 2.52. The minimum Gasteiger partial charge on any atom is -0.306 e. The summed E-state index contributed by atoms with van der Waals surface area (Å²) < 4.78 is 0. The van der Waals surface area contributed by atoms with Gasteiger partial charge in [-0.05, 0) is 76.2 Å². The molecule has 0 atom stereocenters. The van der Waals surface area contributed by atoms with Gasteiger partial charge in [-0.15, -0.1) is 0 Å². The molecule has 4 aromatic heterocycles. The lowest BCUT2D eigenvalue weighted by Gasteiger charge is -2.52. The van der Waals surface area contributed by atoms with Crippen LogP contribution in [0, 0.1) is 0 Å². The highest BCUT2D eigenvalue weighted by molar-refractivity contribution is 5.64. The van der Waals surface area contributed by atoms with Gasteiger partial charge < -0.3 is 19.6 Å². The monoisotopic (exact) mass is 660 g/mol. The van der Waals surface area contributed by atoms with Crippen molar-refractivity contribution in [2.75, 3.05) is 19.6 Å². The van der Waals surface area contributed by atoms with Crippen LogP contribution in [0.15, 0.2) is 170 Å². The summed E-state index contributed by atoms with van der Waals surface area (Å²) in [5.74, 6) is 6.92. The lowest BCUT2D eigenvalue weighted by atomic mass is 10.1. The van der Waals surface area contributed by atoms with Gasteiger partial charge in [0.05, 0.1) is 0 Å². The fourth-order valence-corrected chi connectivity index (χ4v) is 7.15. The average Bonchev–Trinajstić information content (AvgIpc) is 3.96. The number of aromatic nitrogens is 4. The van der Waals surface area contributed by atoms with Gasteiger partial charge in [0, 0.05) is 74.4 Å². The van der Waals surface area contributed by atoms with Crippen molar-refractivity contribution >= 4 is 23.3 Å². The lowest BCUT2D eigenvalue weighted by molar-refractivity contribution is 0.0527. The molecule has 0 N–H and O–H groups in total. The van der Waals surface area contributed by atoms with Gasteiger partial charge in [-0.25, -0.2) is 19.9 Å². The van der Waals surface area contributed by atoms with Gasteiger partial charge in [0.2, 0.25) is 0 Å². The van der Waals surface area contributed by atoms with Crippen LogP contribution in [-0.2, 0) is 0 Å². The number of hydrogen-bond acceptors (Lipinski definition) is 12. The predicted octanol–water partition coefficient (Wildman–Crippen LogP) is 6.48. The molecule has 0 unspecified atom stereocenters. The number of fused-ring (bicyclic) bond motifs is 4. The second-order valence-corrected chi connectivity index (χ2v) is 13.2. The molecular formula is C38H36N12. The van der Waals surface area contributed by atoms with Crippen LogP contribution in [0.5, 0.6) is 0 Å². The molecule has 0 fully saturated rings. The fourth-order valence-electron chi connectivity index (χ4n) is 7.15. The van der Waals surface area contributed by atoms with Gasteiger partial charge in [-0.2, -0.15) is 0 Å². The van der Waals surface area contributed by atoms with Crippen LogP contribution in [0.25, 0.3) is 0 Å². The first kappa shape index (κ1) is 29.6. The van der Waals surface area contributed by atoms with E-state index in [2.05, 4.69) is 116 Å². The van der Waals surface area contributed by atoms with Gasteiger partial charge in [-0.3, -0.25) is 19.6 Å². The van der Waals surface area contributed by atoms with Crippen molar-refractivity contribution in [1.29, 1.82) is 0 Å². The Labute approximate surface area is 291 Å². The quantitative estimate of drug-likeness (QED) is 0.241. The second kappa shape index (κ2) is 11.0. The van der Waals surface area contributed by atoms with E-state index in [-0.39, 0.29) is 0 Å². The number of rotatable bonds is 4. The summed E-state index contributed by atoms with van der Waals surface area (Å²) in [5, 5.41) is 0. The molecule has 5 aliphatic heterocycles. The Morgan fingerprint density at radius 1 is 0.340 bits per heavy atom. The van der Waals surface area contributed by atoms with Crippen LogP contribution in [0.4, 0.5) is 23.3 Å². The van der Waals surface area contributed by atoms with Gasteiger partial charge in [0.25, 0.3) is 0 Å². The maximum atomic E-state index is 4.81. The van der Waals surface area contributed by atoms with Crippen LogP contribution in [0.1, 0.15) is 27.7 Å². The molecule has 0 saturated carbocycles. The van der Waals surface area contributed by atoms with Crippen molar-refractivity contribution in [3.05, 3.63) is 170 Å². The number of nitrogens with zero attached hydrogens (tertiary/aromatic N) is 12. The van der Waals surface area contributed by atoms with E-state index >= 15 is 0 Å². The molecule has 248 valence electrons. The average molecular weight is 661 g/mol. The third kappa shape index (κ3) is 4.31. The van der Waals surface area contributed by atoms with Crippen molar-refractivity contribution < 1.29 is 0 Å². The molecule has 12 heteroatoms. The smallest absolute Gasteiger partial charge is 0.163 e. The van der Waals surface area contributed by atoms with Crippen molar-refractivity contribution in [3.8, 4) is 0 Å². The van der Waals surface area contributed by atoms with Crippen LogP contribution in [0.2, 0.25) is 0 Å².